The zero-order valence-corrected chi connectivity index (χ0v) is 14.1. The minimum Gasteiger partial charge on any atom is -0.378 e. The van der Waals surface area contributed by atoms with E-state index in [9.17, 15) is 13.2 Å². The van der Waals surface area contributed by atoms with Gasteiger partial charge in [-0.05, 0) is 25.1 Å². The van der Waals surface area contributed by atoms with Gasteiger partial charge in [0.25, 0.3) is 0 Å². The van der Waals surface area contributed by atoms with Gasteiger partial charge in [-0.15, -0.1) is 0 Å². The van der Waals surface area contributed by atoms with Crippen molar-refractivity contribution in [3.05, 3.63) is 47.7 Å². The number of hydrogen-bond donors (Lipinski definition) is 0. The Kier molecular flexibility index (Phi) is 4.07. The van der Waals surface area contributed by atoms with Crippen LogP contribution >= 0.6 is 0 Å². The Morgan fingerprint density at radius 3 is 2.42 bits per heavy atom. The van der Waals surface area contributed by atoms with Crippen LogP contribution in [0.25, 0.3) is 16.7 Å². The van der Waals surface area contributed by atoms with Gasteiger partial charge in [0.2, 0.25) is 0 Å². The molecule has 5 nitrogen and oxygen atoms in total. The number of ether oxygens (including phenoxy) is 1. The van der Waals surface area contributed by atoms with E-state index in [1.807, 2.05) is 23.1 Å². The second-order valence-corrected chi connectivity index (χ2v) is 6.16. The highest BCUT2D eigenvalue weighted by molar-refractivity contribution is 5.86. The molecular weight excluding hydrogens is 345 g/mol. The van der Waals surface area contributed by atoms with E-state index in [2.05, 4.69) is 10.1 Å². The van der Waals surface area contributed by atoms with E-state index in [0.717, 1.165) is 6.07 Å². The molecule has 0 N–H and O–H groups in total. The molecule has 3 aromatic rings. The van der Waals surface area contributed by atoms with Crippen LogP contribution in [0.1, 0.15) is 11.3 Å². The predicted octanol–water partition coefficient (Wildman–Crippen LogP) is 3.58. The second-order valence-electron chi connectivity index (χ2n) is 6.16. The molecule has 4 rings (SSSR count). The first kappa shape index (κ1) is 16.8. The molecule has 1 aliphatic heterocycles. The summed E-state index contributed by atoms with van der Waals surface area (Å²) in [5, 5.41) is 4.37. The minimum absolute atomic E-state index is 0.0402. The zero-order valence-electron chi connectivity index (χ0n) is 14.1. The first-order chi connectivity index (χ1) is 12.4. The largest absolute Gasteiger partial charge is 0.417 e. The van der Waals surface area contributed by atoms with Crippen LogP contribution < -0.4 is 4.90 Å². The number of rotatable bonds is 2. The summed E-state index contributed by atoms with van der Waals surface area (Å²) in [6, 6.07) is 10.2. The number of nitrogens with zero attached hydrogens (tertiary/aromatic N) is 4. The fourth-order valence-electron chi connectivity index (χ4n) is 3.20. The Morgan fingerprint density at radius 1 is 1.08 bits per heavy atom. The average Bonchev–Trinajstić information content (AvgIpc) is 2.98. The van der Waals surface area contributed by atoms with Crippen LogP contribution in [0, 0.1) is 6.92 Å². The molecule has 0 amide bonds. The van der Waals surface area contributed by atoms with E-state index in [4.69, 9.17) is 4.74 Å². The third kappa shape index (κ3) is 2.90. The summed E-state index contributed by atoms with van der Waals surface area (Å²) in [6.07, 6.45) is -4.49. The maximum absolute atomic E-state index is 13.7. The standard InChI is InChI=1S/C18H17F3N4O/c1-12-16-14(18(19,20)21)11-15(24-7-9-26-10-8-24)22-17(16)25(23-12)13-5-3-2-4-6-13/h2-6,11H,7-10H2,1H3. The molecule has 0 atom stereocenters. The van der Waals surface area contributed by atoms with Gasteiger partial charge in [-0.25, -0.2) is 9.67 Å². The van der Waals surface area contributed by atoms with Crippen molar-refractivity contribution in [1.82, 2.24) is 14.8 Å². The Labute approximate surface area is 148 Å². The summed E-state index contributed by atoms with van der Waals surface area (Å²) in [4.78, 5) is 6.36. The van der Waals surface area contributed by atoms with Crippen LogP contribution in [-0.4, -0.2) is 41.1 Å². The van der Waals surface area contributed by atoms with Gasteiger partial charge in [0, 0.05) is 13.1 Å². The summed E-state index contributed by atoms with van der Waals surface area (Å²) in [5.74, 6) is 0.296. The van der Waals surface area contributed by atoms with Gasteiger partial charge in [0.05, 0.1) is 35.5 Å². The number of aryl methyl sites for hydroxylation is 1. The number of hydrogen-bond acceptors (Lipinski definition) is 4. The highest BCUT2D eigenvalue weighted by atomic mass is 19.4. The van der Waals surface area contributed by atoms with E-state index >= 15 is 0 Å². The Morgan fingerprint density at radius 2 is 1.77 bits per heavy atom. The molecule has 8 heteroatoms. The van der Waals surface area contributed by atoms with Crippen LogP contribution in [0.2, 0.25) is 0 Å². The van der Waals surface area contributed by atoms with Gasteiger partial charge in [0.15, 0.2) is 5.65 Å². The highest BCUT2D eigenvalue weighted by Gasteiger charge is 2.36. The monoisotopic (exact) mass is 362 g/mol. The molecule has 26 heavy (non-hydrogen) atoms. The number of aromatic nitrogens is 3. The smallest absolute Gasteiger partial charge is 0.378 e. The molecule has 1 aromatic carbocycles. The number of benzene rings is 1. The van der Waals surface area contributed by atoms with Crippen molar-refractivity contribution >= 4 is 16.9 Å². The highest BCUT2D eigenvalue weighted by Crippen LogP contribution is 2.38. The second kappa shape index (κ2) is 6.28. The Balaban J connectivity index is 1.98. The number of para-hydroxylation sites is 1. The quantitative estimate of drug-likeness (QED) is 0.699. The summed E-state index contributed by atoms with van der Waals surface area (Å²) < 4.78 is 48.0. The summed E-state index contributed by atoms with van der Waals surface area (Å²) >= 11 is 0. The van der Waals surface area contributed by atoms with Gasteiger partial charge >= 0.3 is 6.18 Å². The van der Waals surface area contributed by atoms with Crippen LogP contribution in [0.4, 0.5) is 19.0 Å². The molecule has 0 saturated carbocycles. The van der Waals surface area contributed by atoms with Crippen molar-refractivity contribution in [1.29, 1.82) is 0 Å². The maximum Gasteiger partial charge on any atom is 0.417 e. The lowest BCUT2D eigenvalue weighted by Crippen LogP contribution is -2.37. The molecule has 0 radical (unpaired) electrons. The molecule has 1 aliphatic rings. The summed E-state index contributed by atoms with van der Waals surface area (Å²) in [7, 11) is 0. The first-order valence-electron chi connectivity index (χ1n) is 8.31. The van der Waals surface area contributed by atoms with Crippen LogP contribution in [0.5, 0.6) is 0 Å². The van der Waals surface area contributed by atoms with E-state index in [0.29, 0.717) is 43.5 Å². The summed E-state index contributed by atoms with van der Waals surface area (Å²) in [6.45, 7) is 3.53. The van der Waals surface area contributed by atoms with E-state index < -0.39 is 11.7 Å². The molecule has 0 bridgehead atoms. The number of pyridine rings is 1. The number of anilines is 1. The molecule has 2 aromatic heterocycles. The summed E-state index contributed by atoms with van der Waals surface area (Å²) in [5.41, 5.74) is 0.483. The fraction of sp³-hybridized carbons (Fsp3) is 0.333. The van der Waals surface area contributed by atoms with Crippen LogP contribution in [0.15, 0.2) is 36.4 Å². The molecule has 0 aliphatic carbocycles. The molecule has 1 saturated heterocycles. The fourth-order valence-corrected chi connectivity index (χ4v) is 3.20. The third-order valence-corrected chi connectivity index (χ3v) is 4.44. The van der Waals surface area contributed by atoms with Crippen molar-refractivity contribution in [2.24, 2.45) is 0 Å². The van der Waals surface area contributed by atoms with Crippen molar-refractivity contribution in [3.8, 4) is 5.69 Å². The average molecular weight is 362 g/mol. The Hall–Kier alpha value is -2.61. The first-order valence-corrected chi connectivity index (χ1v) is 8.31. The SMILES string of the molecule is Cc1nn(-c2ccccc2)c2nc(N3CCOCC3)cc(C(F)(F)F)c12. The molecule has 1 fully saturated rings. The normalized spacial score (nSPS) is 15.6. The van der Waals surface area contributed by atoms with Crippen molar-refractivity contribution < 1.29 is 17.9 Å². The lowest BCUT2D eigenvalue weighted by Gasteiger charge is -2.28. The van der Waals surface area contributed by atoms with Gasteiger partial charge in [-0.2, -0.15) is 18.3 Å². The lowest BCUT2D eigenvalue weighted by atomic mass is 10.1. The molecule has 0 spiro atoms. The van der Waals surface area contributed by atoms with E-state index in [-0.39, 0.29) is 11.0 Å². The molecular formula is C18H17F3N4O. The minimum atomic E-state index is -4.49. The molecule has 3 heterocycles. The van der Waals surface area contributed by atoms with Gasteiger partial charge in [0.1, 0.15) is 5.82 Å². The lowest BCUT2D eigenvalue weighted by molar-refractivity contribution is -0.136. The van der Waals surface area contributed by atoms with Gasteiger partial charge in [-0.3, -0.25) is 0 Å². The number of halogens is 3. The van der Waals surface area contributed by atoms with Crippen LogP contribution in [-0.2, 0) is 10.9 Å². The van der Waals surface area contributed by atoms with Crippen molar-refractivity contribution in [2.75, 3.05) is 31.2 Å². The molecule has 136 valence electrons. The van der Waals surface area contributed by atoms with Crippen molar-refractivity contribution in [3.63, 3.8) is 0 Å². The predicted molar refractivity (Wildman–Crippen MR) is 91.6 cm³/mol. The number of morpholine rings is 1. The van der Waals surface area contributed by atoms with Crippen LogP contribution in [0.3, 0.4) is 0 Å². The van der Waals surface area contributed by atoms with Gasteiger partial charge in [-0.1, -0.05) is 18.2 Å². The zero-order chi connectivity index (χ0) is 18.3. The maximum atomic E-state index is 13.7. The molecule has 0 unspecified atom stereocenters. The number of alkyl halides is 3. The third-order valence-electron chi connectivity index (χ3n) is 4.44. The van der Waals surface area contributed by atoms with E-state index in [1.54, 1.807) is 19.1 Å². The van der Waals surface area contributed by atoms with E-state index in [1.165, 1.54) is 4.68 Å². The number of fused-ring (bicyclic) bond motifs is 1. The van der Waals surface area contributed by atoms with Gasteiger partial charge < -0.3 is 9.64 Å². The topological polar surface area (TPSA) is 43.2 Å². The van der Waals surface area contributed by atoms with Crippen molar-refractivity contribution in [2.45, 2.75) is 13.1 Å². The Bertz CT molecular complexity index is 931.